The van der Waals surface area contributed by atoms with Crippen molar-refractivity contribution in [2.24, 2.45) is 9.98 Å². The van der Waals surface area contributed by atoms with Crippen LogP contribution in [-0.2, 0) is 18.0 Å². The average molecular weight is 911 g/mol. The number of nitrogens with one attached hydrogen (secondary N) is 1. The minimum absolute atomic E-state index is 0.00247. The average Bonchev–Trinajstić information content (AvgIpc) is 3.84. The van der Waals surface area contributed by atoms with Gasteiger partial charge in [-0.3, -0.25) is 29.4 Å². The number of allylic oxidation sites excluding steroid dienone is 2. The number of aromatic nitrogens is 1. The van der Waals surface area contributed by atoms with Crippen LogP contribution in [0.1, 0.15) is 105 Å². The van der Waals surface area contributed by atoms with E-state index in [0.29, 0.717) is 102 Å². The van der Waals surface area contributed by atoms with Crippen LogP contribution in [0.3, 0.4) is 0 Å². The molecule has 1 N–H and O–H groups in total. The molecule has 2 atom stereocenters. The fourth-order valence-electron chi connectivity index (χ4n) is 8.34. The number of amides is 3. The van der Waals surface area contributed by atoms with Crippen molar-refractivity contribution >= 4 is 66.8 Å². The highest BCUT2D eigenvalue weighted by atomic mass is 32.2. The summed E-state index contributed by atoms with van der Waals surface area (Å²) in [7, 11) is 3.07. The highest BCUT2D eigenvalue weighted by Crippen LogP contribution is 2.41. The van der Waals surface area contributed by atoms with Gasteiger partial charge in [0.25, 0.3) is 11.8 Å². The minimum Gasteiger partial charge on any atom is -0.493 e. The van der Waals surface area contributed by atoms with Crippen LogP contribution in [0.25, 0.3) is 0 Å². The van der Waals surface area contributed by atoms with E-state index in [2.05, 4.69) is 42.7 Å². The van der Waals surface area contributed by atoms with Crippen LogP contribution in [0.4, 0.5) is 11.4 Å². The van der Waals surface area contributed by atoms with E-state index >= 15 is 0 Å². The van der Waals surface area contributed by atoms with Gasteiger partial charge in [0.05, 0.1) is 66.8 Å². The van der Waals surface area contributed by atoms with E-state index < -0.39 is 5.54 Å². The lowest BCUT2D eigenvalue weighted by atomic mass is 9.98. The third-order valence-electron chi connectivity index (χ3n) is 11.8. The van der Waals surface area contributed by atoms with Crippen molar-refractivity contribution in [1.82, 2.24) is 20.1 Å². The van der Waals surface area contributed by atoms with Gasteiger partial charge in [-0.15, -0.1) is 0 Å². The summed E-state index contributed by atoms with van der Waals surface area (Å²) in [6.07, 6.45) is 12.5. The molecule has 0 saturated carbocycles. The van der Waals surface area contributed by atoms with Crippen molar-refractivity contribution in [1.29, 1.82) is 0 Å². The molecule has 2 saturated heterocycles. The number of benzene rings is 2. The summed E-state index contributed by atoms with van der Waals surface area (Å²) in [6, 6.07) is 10.2. The lowest BCUT2D eigenvalue weighted by Gasteiger charge is -2.26. The van der Waals surface area contributed by atoms with Crippen LogP contribution in [0.2, 0.25) is 0 Å². The Kier molecular flexibility index (Phi) is 14.9. The summed E-state index contributed by atoms with van der Waals surface area (Å²) in [5.74, 6) is 1.93. The minimum atomic E-state index is -0.432. The Morgan fingerprint density at radius 2 is 1.30 bits per heavy atom. The molecule has 0 spiro atoms. The number of nitrogens with zero attached hydrogens (tertiary/aromatic N) is 5. The predicted octanol–water partition coefficient (Wildman–Crippen LogP) is 8.42. The van der Waals surface area contributed by atoms with E-state index in [1.54, 1.807) is 24.3 Å². The fourth-order valence-corrected chi connectivity index (χ4v) is 8.70. The zero-order valence-corrected chi connectivity index (χ0v) is 39.2. The van der Waals surface area contributed by atoms with Crippen LogP contribution in [0.5, 0.6) is 28.7 Å². The topological polar surface area (TPSA) is 153 Å². The molecule has 16 heteroatoms. The molecular weight excluding hydrogens is 853 g/mol. The highest BCUT2D eigenvalue weighted by molar-refractivity contribution is 7.99. The molecule has 4 aliphatic heterocycles. The first-order valence-corrected chi connectivity index (χ1v) is 22.8. The van der Waals surface area contributed by atoms with Gasteiger partial charge in [0, 0.05) is 66.3 Å². The molecule has 7 rings (SSSR count). The number of rotatable bonds is 18. The second-order valence-electron chi connectivity index (χ2n) is 17.0. The Morgan fingerprint density at radius 1 is 0.781 bits per heavy atom. The molecule has 64 heavy (non-hydrogen) atoms. The van der Waals surface area contributed by atoms with Crippen molar-refractivity contribution in [2.75, 3.05) is 33.9 Å². The third kappa shape index (κ3) is 11.1. The number of hydrogen-bond donors (Lipinski definition) is 3. The Labute approximate surface area is 386 Å². The molecule has 0 unspecified atom stereocenters. The number of thiol groups is 2. The van der Waals surface area contributed by atoms with Crippen molar-refractivity contribution in [2.45, 2.75) is 108 Å². The second kappa shape index (κ2) is 20.6. The van der Waals surface area contributed by atoms with Crippen molar-refractivity contribution in [3.8, 4) is 28.7 Å². The van der Waals surface area contributed by atoms with Gasteiger partial charge in [-0.2, -0.15) is 25.3 Å². The highest BCUT2D eigenvalue weighted by Gasteiger charge is 2.36. The van der Waals surface area contributed by atoms with Gasteiger partial charge in [0.1, 0.15) is 19.0 Å². The zero-order valence-electron chi connectivity index (χ0n) is 37.4. The number of aliphatic imine (C=N–C) groups is 2. The number of carbonyl (C=O) groups is 3. The summed E-state index contributed by atoms with van der Waals surface area (Å²) in [6.45, 7) is 9.55. The first kappa shape index (κ1) is 46.5. The van der Waals surface area contributed by atoms with E-state index in [9.17, 15) is 14.4 Å². The Morgan fingerprint density at radius 3 is 1.77 bits per heavy atom. The summed E-state index contributed by atoms with van der Waals surface area (Å²) < 4.78 is 30.4. The van der Waals surface area contributed by atoms with Gasteiger partial charge < -0.3 is 38.8 Å². The summed E-state index contributed by atoms with van der Waals surface area (Å²) >= 11 is 8.57. The molecule has 0 bridgehead atoms. The van der Waals surface area contributed by atoms with Gasteiger partial charge in [-0.1, -0.05) is 23.3 Å². The Balaban J connectivity index is 1.09. The standard InChI is InChI=1S/C48H58N6O8S2/c1-7-29-15-33-23-49-38-21-42(40(58-5)19-36(38)46(56)53(33)25-29)61-27-31-17-35(60-14-10-13-48(3,4)52-44(55)11-9-12-45(63)64)18-32(51-31)28-62-43-22-39-37(20-41(43)59-6)47(57)54-26-30(8-2)16-34(54)24-50-39/h7-8,17-24,33-34,45,63-64H,9-16,25-28H2,1-6H3,(H,52,55)/b29-7+,30-8+/t33-,34-/m0/s1. The number of pyridine rings is 1. The maximum atomic E-state index is 13.7. The van der Waals surface area contributed by atoms with Gasteiger partial charge in [0.15, 0.2) is 23.0 Å². The summed E-state index contributed by atoms with van der Waals surface area (Å²) in [4.78, 5) is 58.0. The summed E-state index contributed by atoms with van der Waals surface area (Å²) in [5.41, 5.74) is 4.97. The predicted molar refractivity (Wildman–Crippen MR) is 254 cm³/mol. The van der Waals surface area contributed by atoms with Crippen molar-refractivity contribution in [3.05, 3.63) is 82.2 Å². The molecule has 2 aromatic carbocycles. The summed E-state index contributed by atoms with van der Waals surface area (Å²) in [5, 5.41) is 3.14. The van der Waals surface area contributed by atoms with Crippen LogP contribution in [0.15, 0.2) is 69.7 Å². The smallest absolute Gasteiger partial charge is 0.257 e. The first-order valence-electron chi connectivity index (χ1n) is 21.8. The molecule has 2 fully saturated rings. The normalized spacial score (nSPS) is 19.0. The van der Waals surface area contributed by atoms with E-state index in [-0.39, 0.29) is 47.6 Å². The van der Waals surface area contributed by atoms with Gasteiger partial charge in [0.2, 0.25) is 5.91 Å². The number of methoxy groups -OCH3 is 2. The number of carbonyl (C=O) groups excluding carboxylic acids is 3. The maximum absolute atomic E-state index is 13.7. The van der Waals surface area contributed by atoms with E-state index in [1.807, 2.05) is 62.1 Å². The Hall–Kier alpha value is -5.48. The second-order valence-corrected chi connectivity index (χ2v) is 18.7. The molecule has 1 aromatic heterocycles. The number of fused-ring (bicyclic) bond motifs is 4. The maximum Gasteiger partial charge on any atom is 0.257 e. The molecule has 0 radical (unpaired) electrons. The van der Waals surface area contributed by atoms with Crippen LogP contribution in [0, 0.1) is 0 Å². The molecule has 0 aliphatic carbocycles. The lowest BCUT2D eigenvalue weighted by Crippen LogP contribution is -2.43. The fraction of sp³-hybridized carbons (Fsp3) is 0.458. The van der Waals surface area contributed by atoms with Crippen LogP contribution >= 0.6 is 25.3 Å². The van der Waals surface area contributed by atoms with E-state index in [1.165, 1.54) is 25.4 Å². The monoisotopic (exact) mass is 910 g/mol. The molecule has 3 aromatic rings. The zero-order chi connectivity index (χ0) is 45.5. The van der Waals surface area contributed by atoms with E-state index in [4.69, 9.17) is 38.7 Å². The van der Waals surface area contributed by atoms with E-state index in [0.717, 1.165) is 25.7 Å². The number of hydrogen-bond acceptors (Lipinski definition) is 13. The van der Waals surface area contributed by atoms with Gasteiger partial charge in [-0.05, 0) is 78.4 Å². The van der Waals surface area contributed by atoms with Crippen LogP contribution in [-0.4, -0.2) is 101 Å². The molecule has 340 valence electrons. The van der Waals surface area contributed by atoms with Crippen LogP contribution < -0.4 is 29.0 Å². The first-order chi connectivity index (χ1) is 30.8. The Bertz CT molecular complexity index is 2240. The van der Waals surface area contributed by atoms with Crippen molar-refractivity contribution in [3.63, 3.8) is 0 Å². The van der Waals surface area contributed by atoms with Gasteiger partial charge >= 0.3 is 0 Å². The molecule has 5 heterocycles. The van der Waals surface area contributed by atoms with Gasteiger partial charge in [-0.25, -0.2) is 0 Å². The quantitative estimate of drug-likeness (QED) is 0.0494. The molecule has 14 nitrogen and oxygen atoms in total. The third-order valence-corrected chi connectivity index (χ3v) is 12.4. The number of ether oxygens (including phenoxy) is 5. The molecule has 4 aliphatic rings. The lowest BCUT2D eigenvalue weighted by molar-refractivity contribution is -0.122. The molecular formula is C48H58N6O8S2. The SMILES string of the molecule is C/C=C1\C[C@H]2C=Nc3cc(OCc4cc(OCCCC(C)(C)NC(=O)CCCC(S)S)cc(COc5cc6c(cc5OC)C(=O)N5C/C(=C/C)C[C@H]5C=N6)n4)c(OC)cc3C(=O)N2C1. The van der Waals surface area contributed by atoms with Crippen molar-refractivity contribution < 1.29 is 38.1 Å². The largest absolute Gasteiger partial charge is 0.493 e. The molecule has 3 amide bonds.